The first-order valence-electron chi connectivity index (χ1n) is 10.3. The van der Waals surface area contributed by atoms with Gasteiger partial charge in [0.1, 0.15) is 0 Å². The van der Waals surface area contributed by atoms with E-state index >= 15 is 0 Å². The van der Waals surface area contributed by atoms with Gasteiger partial charge in [0.25, 0.3) is 0 Å². The SMILES string of the molecule is NC(=O)c1ccc2c(c1)[C@@]13CCCC[C@H]1[C@H](C2)N(CC1CCC1)CC3. The minimum atomic E-state index is -0.281. The summed E-state index contributed by atoms with van der Waals surface area (Å²) in [5.41, 5.74) is 9.58. The van der Waals surface area contributed by atoms with Crippen LogP contribution in [0.25, 0.3) is 0 Å². The molecule has 0 aromatic heterocycles. The summed E-state index contributed by atoms with van der Waals surface area (Å²) in [4.78, 5) is 14.6. The molecule has 0 radical (unpaired) electrons. The second-order valence-corrected chi connectivity index (χ2v) is 9.06. The Bertz CT molecular complexity index is 695. The standard InChI is InChI=1S/C22H30N2O/c23-21(25)17-8-7-16-13-20-18-6-1-2-9-22(18,19(16)12-17)10-11-24(20)14-15-4-3-5-15/h7-8,12,15,18,20H,1-6,9-11,13-14H2,(H2,23,25)/t18-,20-,22+/m0/s1. The third-order valence-electron chi connectivity index (χ3n) is 7.95. The number of carbonyl (C=O) groups is 1. The van der Waals surface area contributed by atoms with E-state index in [9.17, 15) is 4.79 Å². The van der Waals surface area contributed by atoms with E-state index in [4.69, 9.17) is 5.73 Å². The highest BCUT2D eigenvalue weighted by Gasteiger charge is 2.53. The lowest BCUT2D eigenvalue weighted by Crippen LogP contribution is -2.61. The highest BCUT2D eigenvalue weighted by molar-refractivity contribution is 5.93. The Labute approximate surface area is 151 Å². The molecule has 2 N–H and O–H groups in total. The van der Waals surface area contributed by atoms with Crippen molar-refractivity contribution in [2.45, 2.75) is 69.2 Å². The van der Waals surface area contributed by atoms with Gasteiger partial charge in [-0.15, -0.1) is 0 Å². The molecule has 134 valence electrons. The van der Waals surface area contributed by atoms with Crippen molar-refractivity contribution in [1.29, 1.82) is 0 Å². The largest absolute Gasteiger partial charge is 0.366 e. The van der Waals surface area contributed by atoms with Crippen LogP contribution < -0.4 is 5.73 Å². The van der Waals surface area contributed by atoms with Gasteiger partial charge in [0.15, 0.2) is 0 Å². The maximum Gasteiger partial charge on any atom is 0.248 e. The Hall–Kier alpha value is -1.35. The number of amides is 1. The van der Waals surface area contributed by atoms with E-state index in [2.05, 4.69) is 17.0 Å². The highest BCUT2D eigenvalue weighted by Crippen LogP contribution is 2.56. The highest BCUT2D eigenvalue weighted by atomic mass is 16.1. The monoisotopic (exact) mass is 338 g/mol. The van der Waals surface area contributed by atoms with Crippen LogP contribution in [0.1, 0.15) is 72.9 Å². The third-order valence-corrected chi connectivity index (χ3v) is 7.95. The number of hydrogen-bond donors (Lipinski definition) is 1. The fraction of sp³-hybridized carbons (Fsp3) is 0.682. The number of hydrogen-bond acceptors (Lipinski definition) is 2. The number of carbonyl (C=O) groups excluding carboxylic acids is 1. The van der Waals surface area contributed by atoms with Crippen LogP contribution in [0.2, 0.25) is 0 Å². The van der Waals surface area contributed by atoms with Crippen molar-refractivity contribution in [3.8, 4) is 0 Å². The molecule has 1 aliphatic heterocycles. The molecule has 1 saturated heterocycles. The van der Waals surface area contributed by atoms with Gasteiger partial charge in [0, 0.05) is 23.6 Å². The van der Waals surface area contributed by atoms with E-state index in [-0.39, 0.29) is 5.91 Å². The van der Waals surface area contributed by atoms with Gasteiger partial charge in [-0.25, -0.2) is 0 Å². The summed E-state index contributed by atoms with van der Waals surface area (Å²) in [7, 11) is 0. The Kier molecular flexibility index (Phi) is 3.70. The summed E-state index contributed by atoms with van der Waals surface area (Å²) in [6.45, 7) is 2.57. The third kappa shape index (κ3) is 2.38. The molecule has 0 spiro atoms. The molecule has 1 heterocycles. The average Bonchev–Trinajstić information content (AvgIpc) is 2.59. The molecule has 1 aromatic rings. The molecule has 3 fully saturated rings. The van der Waals surface area contributed by atoms with Crippen LogP contribution in [0.5, 0.6) is 0 Å². The topological polar surface area (TPSA) is 46.3 Å². The lowest BCUT2D eigenvalue weighted by Gasteiger charge is -2.59. The lowest BCUT2D eigenvalue weighted by atomic mass is 9.52. The summed E-state index contributed by atoms with van der Waals surface area (Å²) in [6, 6.07) is 7.05. The fourth-order valence-corrected chi connectivity index (χ4v) is 6.47. The Balaban J connectivity index is 1.54. The Morgan fingerprint density at radius 2 is 2.04 bits per heavy atom. The number of piperidine rings is 1. The average molecular weight is 338 g/mol. The van der Waals surface area contributed by atoms with Crippen LogP contribution in [0.4, 0.5) is 0 Å². The molecule has 3 nitrogen and oxygen atoms in total. The molecule has 25 heavy (non-hydrogen) atoms. The van der Waals surface area contributed by atoms with Gasteiger partial charge in [-0.3, -0.25) is 9.69 Å². The van der Waals surface area contributed by atoms with Gasteiger partial charge in [-0.1, -0.05) is 25.3 Å². The molecule has 3 atom stereocenters. The number of likely N-dealkylation sites (tertiary alicyclic amines) is 1. The molecular formula is C22H30N2O. The van der Waals surface area contributed by atoms with Gasteiger partial charge < -0.3 is 5.73 Å². The zero-order valence-electron chi connectivity index (χ0n) is 15.2. The van der Waals surface area contributed by atoms with Crippen LogP contribution in [0.15, 0.2) is 18.2 Å². The van der Waals surface area contributed by atoms with Gasteiger partial charge >= 0.3 is 0 Å². The molecule has 3 aliphatic carbocycles. The van der Waals surface area contributed by atoms with E-state index in [1.54, 1.807) is 0 Å². The molecular weight excluding hydrogens is 308 g/mol. The number of fused-ring (bicyclic) bond motifs is 1. The van der Waals surface area contributed by atoms with Crippen molar-refractivity contribution < 1.29 is 4.79 Å². The predicted octanol–water partition coefficient (Wildman–Crippen LogP) is 3.64. The summed E-state index contributed by atoms with van der Waals surface area (Å²) in [5.74, 6) is 1.46. The van der Waals surface area contributed by atoms with Gasteiger partial charge in [0.2, 0.25) is 5.91 Å². The maximum atomic E-state index is 11.7. The minimum absolute atomic E-state index is 0.281. The number of nitrogens with zero attached hydrogens (tertiary/aromatic N) is 1. The number of primary amides is 1. The van der Waals surface area contributed by atoms with Crippen LogP contribution in [0, 0.1) is 11.8 Å². The predicted molar refractivity (Wildman–Crippen MR) is 99.6 cm³/mol. The number of rotatable bonds is 3. The Morgan fingerprint density at radius 3 is 2.80 bits per heavy atom. The molecule has 1 aromatic carbocycles. The zero-order chi connectivity index (χ0) is 17.0. The molecule has 2 bridgehead atoms. The van der Waals surface area contributed by atoms with Crippen LogP contribution in [0.3, 0.4) is 0 Å². The molecule has 2 saturated carbocycles. The summed E-state index contributed by atoms with van der Waals surface area (Å²) < 4.78 is 0. The second-order valence-electron chi connectivity index (χ2n) is 9.06. The second kappa shape index (κ2) is 5.84. The molecule has 3 heteroatoms. The van der Waals surface area contributed by atoms with Crippen molar-refractivity contribution in [1.82, 2.24) is 4.90 Å². The van der Waals surface area contributed by atoms with Crippen molar-refractivity contribution in [2.24, 2.45) is 17.6 Å². The van der Waals surface area contributed by atoms with Gasteiger partial charge in [-0.2, -0.15) is 0 Å². The van der Waals surface area contributed by atoms with E-state index < -0.39 is 0 Å². The first-order valence-corrected chi connectivity index (χ1v) is 10.3. The number of nitrogens with two attached hydrogens (primary N) is 1. The summed E-state index contributed by atoms with van der Waals surface area (Å²) in [6.07, 6.45) is 12.2. The number of benzene rings is 1. The van der Waals surface area contributed by atoms with Crippen LogP contribution >= 0.6 is 0 Å². The summed E-state index contributed by atoms with van der Waals surface area (Å²) >= 11 is 0. The van der Waals surface area contributed by atoms with E-state index in [1.165, 1.54) is 82.0 Å². The first kappa shape index (κ1) is 15.9. The van der Waals surface area contributed by atoms with Gasteiger partial charge in [0.05, 0.1) is 0 Å². The normalized spacial score (nSPS) is 34.7. The maximum absolute atomic E-state index is 11.7. The van der Waals surface area contributed by atoms with Crippen LogP contribution in [-0.4, -0.2) is 29.9 Å². The van der Waals surface area contributed by atoms with Crippen molar-refractivity contribution in [2.75, 3.05) is 13.1 Å². The molecule has 0 unspecified atom stereocenters. The van der Waals surface area contributed by atoms with Gasteiger partial charge in [-0.05, 0) is 80.2 Å². The van der Waals surface area contributed by atoms with Crippen LogP contribution in [-0.2, 0) is 11.8 Å². The molecule has 1 amide bonds. The van der Waals surface area contributed by atoms with Crippen molar-refractivity contribution >= 4 is 5.91 Å². The quantitative estimate of drug-likeness (QED) is 0.914. The minimum Gasteiger partial charge on any atom is -0.366 e. The van der Waals surface area contributed by atoms with E-state index in [0.29, 0.717) is 11.0 Å². The fourth-order valence-electron chi connectivity index (χ4n) is 6.47. The van der Waals surface area contributed by atoms with Crippen molar-refractivity contribution in [3.05, 3.63) is 34.9 Å². The molecule has 5 rings (SSSR count). The van der Waals surface area contributed by atoms with Crippen molar-refractivity contribution in [3.63, 3.8) is 0 Å². The lowest BCUT2D eigenvalue weighted by molar-refractivity contribution is -0.0240. The smallest absolute Gasteiger partial charge is 0.248 e. The first-order chi connectivity index (χ1) is 12.2. The Morgan fingerprint density at radius 1 is 1.16 bits per heavy atom. The molecule has 4 aliphatic rings. The summed E-state index contributed by atoms with van der Waals surface area (Å²) in [5, 5.41) is 0. The van der Waals surface area contributed by atoms with E-state index in [1.807, 2.05) is 6.07 Å². The zero-order valence-corrected chi connectivity index (χ0v) is 15.2. The van der Waals surface area contributed by atoms with E-state index in [0.717, 1.165) is 17.9 Å².